The van der Waals surface area contributed by atoms with Crippen LogP contribution in [0.25, 0.3) is 22.3 Å². The first-order valence-corrected chi connectivity index (χ1v) is 21.0. The Kier molecular flexibility index (Phi) is 11.0. The molecule has 310 valence electrons. The number of nitrogens with one attached hydrogen (secondary N) is 1. The molecule has 3 aromatic carbocycles. The molecule has 5 aromatic rings. The minimum atomic E-state index is -0.467. The number of para-hydroxylation sites is 1. The number of fused-ring (bicyclic) bond motifs is 2. The minimum Gasteiger partial charge on any atom is -0.457 e. The first kappa shape index (κ1) is 39.3. The van der Waals surface area contributed by atoms with Crippen LogP contribution in [0.15, 0.2) is 79.1 Å². The monoisotopic (exact) mass is 810 g/mol. The van der Waals surface area contributed by atoms with Crippen molar-refractivity contribution in [1.82, 2.24) is 39.8 Å². The Morgan fingerprint density at radius 3 is 2.32 bits per heavy atom. The third kappa shape index (κ3) is 7.82. The van der Waals surface area contributed by atoms with Crippen LogP contribution in [0.2, 0.25) is 0 Å². The van der Waals surface area contributed by atoms with Gasteiger partial charge in [-0.25, -0.2) is 14.6 Å². The number of likely N-dealkylation sites (tertiary alicyclic amines) is 2. The second kappa shape index (κ2) is 16.8. The van der Waals surface area contributed by atoms with Crippen LogP contribution in [-0.2, 0) is 9.59 Å². The highest BCUT2D eigenvalue weighted by atomic mass is 16.5. The smallest absolute Gasteiger partial charge is 0.261 e. The molecule has 9 rings (SSSR count). The van der Waals surface area contributed by atoms with Crippen molar-refractivity contribution in [1.29, 1.82) is 0 Å². The van der Waals surface area contributed by atoms with Crippen molar-refractivity contribution in [2.45, 2.75) is 63.6 Å². The summed E-state index contributed by atoms with van der Waals surface area (Å²) in [5.74, 6) is 1.51. The molecule has 6 heterocycles. The molecule has 15 heteroatoms. The van der Waals surface area contributed by atoms with Gasteiger partial charge in [-0.15, -0.1) is 0 Å². The van der Waals surface area contributed by atoms with Gasteiger partial charge >= 0.3 is 0 Å². The maximum absolute atomic E-state index is 13.4. The predicted molar refractivity (Wildman–Crippen MR) is 227 cm³/mol. The minimum absolute atomic E-state index is 0.0488. The zero-order valence-electron chi connectivity index (χ0n) is 33.8. The van der Waals surface area contributed by atoms with Gasteiger partial charge in [0.2, 0.25) is 12.3 Å². The average Bonchev–Trinajstić information content (AvgIpc) is 3.77. The third-order valence-electron chi connectivity index (χ3n) is 12.7. The standard InChI is InChI=1S/C45H50N10O5/c1-29(7-14-39(57)49-28-56)54-44(58)37-13-10-34(23-38(37)45(54)59)52-21-17-32(18-22-52)53-25-30(26-53)24-51-19-15-33(16-20-51)55-43-40(42(46)47-27-48-43)41(50-55)31-8-11-36(12-9-31)60-35-5-3-2-4-6-35/h2-6,8-13,23,27-30,32-33H,7,14-22,24-26H2,1H3,(H2,46,47,48)(H,49,56,57). The summed E-state index contributed by atoms with van der Waals surface area (Å²) >= 11 is 0. The maximum atomic E-state index is 13.4. The van der Waals surface area contributed by atoms with Gasteiger partial charge in [0.25, 0.3) is 11.8 Å². The summed E-state index contributed by atoms with van der Waals surface area (Å²) in [4.78, 5) is 66.6. The van der Waals surface area contributed by atoms with E-state index in [-0.39, 0.29) is 30.7 Å². The lowest BCUT2D eigenvalue weighted by molar-refractivity contribution is -0.125. The normalized spacial score (nSPS) is 18.8. The highest BCUT2D eigenvalue weighted by Crippen LogP contribution is 2.37. The molecule has 15 nitrogen and oxygen atoms in total. The van der Waals surface area contributed by atoms with Crippen molar-refractivity contribution in [3.8, 4) is 22.8 Å². The Hall–Kier alpha value is -6.19. The van der Waals surface area contributed by atoms with Gasteiger partial charge in [-0.3, -0.25) is 34.3 Å². The van der Waals surface area contributed by atoms with Gasteiger partial charge in [-0.05, 0) is 99.5 Å². The van der Waals surface area contributed by atoms with Gasteiger partial charge in [-0.2, -0.15) is 5.10 Å². The molecular formula is C45H50N10O5. The molecule has 3 fully saturated rings. The molecule has 3 saturated heterocycles. The summed E-state index contributed by atoms with van der Waals surface area (Å²) < 4.78 is 8.08. The molecule has 2 aromatic heterocycles. The van der Waals surface area contributed by atoms with Gasteiger partial charge in [0.1, 0.15) is 29.3 Å². The van der Waals surface area contributed by atoms with E-state index in [2.05, 4.69) is 34.7 Å². The van der Waals surface area contributed by atoms with E-state index in [1.165, 1.54) is 11.2 Å². The van der Waals surface area contributed by atoms with E-state index in [0.717, 1.165) is 111 Å². The van der Waals surface area contributed by atoms with Crippen molar-refractivity contribution >= 4 is 46.7 Å². The van der Waals surface area contributed by atoms with Gasteiger partial charge < -0.3 is 20.3 Å². The molecule has 60 heavy (non-hydrogen) atoms. The summed E-state index contributed by atoms with van der Waals surface area (Å²) in [6.07, 6.45) is 6.26. The predicted octanol–water partition coefficient (Wildman–Crippen LogP) is 5.14. The average molecular weight is 811 g/mol. The topological polar surface area (TPSA) is 172 Å². The molecule has 0 aliphatic carbocycles. The van der Waals surface area contributed by atoms with Gasteiger partial charge in [0.05, 0.1) is 22.6 Å². The second-order valence-corrected chi connectivity index (χ2v) is 16.5. The first-order chi connectivity index (χ1) is 29.2. The number of ether oxygens (including phenoxy) is 1. The van der Waals surface area contributed by atoms with E-state index in [0.29, 0.717) is 35.3 Å². The number of amides is 4. The fourth-order valence-electron chi connectivity index (χ4n) is 9.43. The van der Waals surface area contributed by atoms with E-state index in [9.17, 15) is 19.2 Å². The van der Waals surface area contributed by atoms with E-state index < -0.39 is 11.9 Å². The number of nitrogens with zero attached hydrogens (tertiary/aromatic N) is 8. The van der Waals surface area contributed by atoms with E-state index in [1.54, 1.807) is 13.0 Å². The van der Waals surface area contributed by atoms with Crippen LogP contribution < -0.4 is 20.7 Å². The van der Waals surface area contributed by atoms with Crippen LogP contribution in [0, 0.1) is 5.92 Å². The summed E-state index contributed by atoms with van der Waals surface area (Å²) in [5.41, 5.74) is 10.7. The van der Waals surface area contributed by atoms with E-state index in [4.69, 9.17) is 15.6 Å². The number of piperidine rings is 2. The number of rotatable bonds is 13. The summed E-state index contributed by atoms with van der Waals surface area (Å²) in [7, 11) is 0. The molecule has 4 aliphatic heterocycles. The van der Waals surface area contributed by atoms with E-state index >= 15 is 0 Å². The van der Waals surface area contributed by atoms with Gasteiger partial charge in [-0.1, -0.05) is 18.2 Å². The lowest BCUT2D eigenvalue weighted by Gasteiger charge is -2.49. The van der Waals surface area contributed by atoms with Crippen LogP contribution in [-0.4, -0.2) is 116 Å². The molecule has 1 unspecified atom stereocenters. The number of benzene rings is 3. The Balaban J connectivity index is 0.746. The van der Waals surface area contributed by atoms with Crippen molar-refractivity contribution in [2.24, 2.45) is 5.92 Å². The van der Waals surface area contributed by atoms with Crippen LogP contribution in [0.5, 0.6) is 11.5 Å². The zero-order chi connectivity index (χ0) is 41.3. The fourth-order valence-corrected chi connectivity index (χ4v) is 9.43. The fraction of sp³-hybridized carbons (Fsp3) is 0.400. The van der Waals surface area contributed by atoms with Crippen LogP contribution >= 0.6 is 0 Å². The summed E-state index contributed by atoms with van der Waals surface area (Å²) in [6.45, 7) is 8.87. The number of carbonyl (C=O) groups is 4. The molecule has 0 saturated carbocycles. The Morgan fingerprint density at radius 1 is 0.883 bits per heavy atom. The summed E-state index contributed by atoms with van der Waals surface area (Å²) in [5, 5.41) is 8.00. The van der Waals surface area contributed by atoms with Crippen molar-refractivity contribution in [2.75, 3.05) is 56.4 Å². The van der Waals surface area contributed by atoms with Crippen molar-refractivity contribution in [3.63, 3.8) is 0 Å². The number of nitrogen functional groups attached to an aromatic ring is 1. The van der Waals surface area contributed by atoms with Crippen molar-refractivity contribution < 1.29 is 23.9 Å². The molecule has 0 spiro atoms. The second-order valence-electron chi connectivity index (χ2n) is 16.5. The van der Waals surface area contributed by atoms with Crippen molar-refractivity contribution in [3.05, 3.63) is 90.3 Å². The summed E-state index contributed by atoms with van der Waals surface area (Å²) in [6, 6.07) is 23.5. The largest absolute Gasteiger partial charge is 0.457 e. The number of hydrogen-bond acceptors (Lipinski definition) is 12. The number of anilines is 2. The highest BCUT2D eigenvalue weighted by molar-refractivity contribution is 6.22. The number of carbonyl (C=O) groups excluding carboxylic acids is 4. The molecule has 0 bridgehead atoms. The zero-order valence-corrected chi connectivity index (χ0v) is 33.8. The number of aromatic nitrogens is 4. The van der Waals surface area contributed by atoms with Gasteiger partial charge in [0.15, 0.2) is 5.65 Å². The number of nitrogens with two attached hydrogens (primary N) is 1. The Labute approximate surface area is 348 Å². The lowest BCUT2D eigenvalue weighted by atomic mass is 9.92. The van der Waals surface area contributed by atoms with Crippen LogP contribution in [0.3, 0.4) is 0 Å². The Bertz CT molecular complexity index is 2380. The molecule has 4 amide bonds. The van der Waals surface area contributed by atoms with Crippen LogP contribution in [0.4, 0.5) is 11.5 Å². The first-order valence-electron chi connectivity index (χ1n) is 21.0. The highest BCUT2D eigenvalue weighted by Gasteiger charge is 2.40. The van der Waals surface area contributed by atoms with Gasteiger partial charge in [0, 0.05) is 75.6 Å². The van der Waals surface area contributed by atoms with Crippen LogP contribution in [0.1, 0.15) is 72.2 Å². The maximum Gasteiger partial charge on any atom is 0.261 e. The Morgan fingerprint density at radius 2 is 1.58 bits per heavy atom. The molecule has 1 atom stereocenters. The quantitative estimate of drug-likeness (QED) is 0.119. The molecule has 4 aliphatic rings. The lowest BCUT2D eigenvalue weighted by Crippen LogP contribution is -2.58. The molecular weight excluding hydrogens is 761 g/mol. The SMILES string of the molecule is CC(CCC(=O)NC=O)N1C(=O)c2ccc(N3CCC(N4CC(CN5CCC(n6nc(-c7ccc(Oc8ccccc8)cc7)c7c(N)ncnc76)CC5)C4)CC3)cc2C1=O. The molecule has 3 N–H and O–H groups in total. The molecule has 0 radical (unpaired) electrons. The number of imide groups is 2. The number of hydrogen-bond donors (Lipinski definition) is 2. The van der Waals surface area contributed by atoms with E-state index in [1.807, 2.05) is 66.7 Å². The third-order valence-corrected chi connectivity index (χ3v) is 12.7.